The van der Waals surface area contributed by atoms with Crippen LogP contribution in [0.15, 0.2) is 23.2 Å². The van der Waals surface area contributed by atoms with Crippen molar-refractivity contribution >= 4 is 12.1 Å². The molecule has 1 rings (SSSR count). The lowest BCUT2D eigenvalue weighted by atomic mass is 10.00. The predicted molar refractivity (Wildman–Crippen MR) is 81.1 cm³/mol. The van der Waals surface area contributed by atoms with Crippen LogP contribution in [0.1, 0.15) is 49.2 Å². The molecule has 0 saturated heterocycles. The van der Waals surface area contributed by atoms with Gasteiger partial charge in [0.1, 0.15) is 0 Å². The molecule has 0 aliphatic heterocycles. The molecule has 0 unspecified atom stereocenters. The van der Waals surface area contributed by atoms with Crippen molar-refractivity contribution in [2.75, 3.05) is 7.05 Å². The van der Waals surface area contributed by atoms with Crippen LogP contribution in [-0.2, 0) is 0 Å². The van der Waals surface area contributed by atoms with Crippen molar-refractivity contribution in [2.45, 2.75) is 46.7 Å². The molecule has 3 heteroatoms. The Labute approximate surface area is 116 Å². The van der Waals surface area contributed by atoms with Crippen LogP contribution in [0.3, 0.4) is 0 Å². The fourth-order valence-electron chi connectivity index (χ4n) is 2.42. The number of aryl methyl sites for hydroxylation is 1. The predicted octanol–water partition coefficient (Wildman–Crippen LogP) is 3.30. The maximum atomic E-state index is 12.8. The van der Waals surface area contributed by atoms with E-state index in [1.54, 1.807) is 13.3 Å². The van der Waals surface area contributed by atoms with Gasteiger partial charge in [-0.1, -0.05) is 18.2 Å². The Balaban J connectivity index is 3.32. The summed E-state index contributed by atoms with van der Waals surface area (Å²) in [7, 11) is 1.72. The van der Waals surface area contributed by atoms with Gasteiger partial charge in [-0.15, -0.1) is 0 Å². The molecule has 0 N–H and O–H groups in total. The Morgan fingerprint density at radius 3 is 2.26 bits per heavy atom. The van der Waals surface area contributed by atoms with E-state index in [-0.39, 0.29) is 18.0 Å². The maximum absolute atomic E-state index is 12.8. The highest BCUT2D eigenvalue weighted by Crippen LogP contribution is 2.18. The van der Waals surface area contributed by atoms with Gasteiger partial charge in [0.15, 0.2) is 0 Å². The van der Waals surface area contributed by atoms with Gasteiger partial charge >= 0.3 is 0 Å². The molecule has 0 heterocycles. The molecule has 19 heavy (non-hydrogen) atoms. The molecule has 0 aliphatic rings. The molecule has 1 aromatic carbocycles. The van der Waals surface area contributed by atoms with E-state index < -0.39 is 0 Å². The summed E-state index contributed by atoms with van der Waals surface area (Å²) in [4.78, 5) is 18.8. The van der Waals surface area contributed by atoms with Gasteiger partial charge in [0.05, 0.1) is 5.56 Å². The molecule has 0 fully saturated rings. The number of aliphatic imine (C=N–C) groups is 1. The first kappa shape index (κ1) is 15.4. The minimum absolute atomic E-state index is 0.0815. The van der Waals surface area contributed by atoms with E-state index in [2.05, 4.69) is 4.99 Å². The Morgan fingerprint density at radius 2 is 1.79 bits per heavy atom. The summed E-state index contributed by atoms with van der Waals surface area (Å²) in [5, 5.41) is 0. The number of benzene rings is 1. The summed E-state index contributed by atoms with van der Waals surface area (Å²) in [6.45, 7) is 10.2. The van der Waals surface area contributed by atoms with Crippen molar-refractivity contribution in [1.82, 2.24) is 4.90 Å². The first-order chi connectivity index (χ1) is 8.90. The zero-order valence-corrected chi connectivity index (χ0v) is 12.8. The van der Waals surface area contributed by atoms with E-state index in [0.29, 0.717) is 0 Å². The van der Waals surface area contributed by atoms with Crippen LogP contribution in [0.5, 0.6) is 0 Å². The summed E-state index contributed by atoms with van der Waals surface area (Å²) in [6, 6.07) is 6.22. The second kappa shape index (κ2) is 6.50. The Morgan fingerprint density at radius 1 is 1.21 bits per heavy atom. The average molecular weight is 260 g/mol. The van der Waals surface area contributed by atoms with Crippen LogP contribution >= 0.6 is 0 Å². The lowest BCUT2D eigenvalue weighted by Crippen LogP contribution is -2.42. The SMILES string of the molecule is CN=Cc1cccc(C)c1C(=O)N(C(C)C)C(C)C. The van der Waals surface area contributed by atoms with Crippen LogP contribution in [0, 0.1) is 6.92 Å². The number of carbonyl (C=O) groups is 1. The van der Waals surface area contributed by atoms with E-state index in [1.165, 1.54) is 0 Å². The molecule has 1 aromatic rings. The highest BCUT2D eigenvalue weighted by atomic mass is 16.2. The number of amides is 1. The normalized spacial score (nSPS) is 11.6. The van der Waals surface area contributed by atoms with Gasteiger partial charge in [-0.3, -0.25) is 9.79 Å². The zero-order chi connectivity index (χ0) is 14.6. The average Bonchev–Trinajstić information content (AvgIpc) is 2.28. The number of hydrogen-bond donors (Lipinski definition) is 0. The Hall–Kier alpha value is -1.64. The van der Waals surface area contributed by atoms with Gasteiger partial charge in [-0.25, -0.2) is 0 Å². The monoisotopic (exact) mass is 260 g/mol. The first-order valence-corrected chi connectivity index (χ1v) is 6.74. The summed E-state index contributed by atoms with van der Waals surface area (Å²) in [5.74, 6) is 0.0815. The van der Waals surface area contributed by atoms with Crippen molar-refractivity contribution < 1.29 is 4.79 Å². The second-order valence-corrected chi connectivity index (χ2v) is 5.33. The molecule has 1 amide bonds. The molecule has 104 valence electrons. The first-order valence-electron chi connectivity index (χ1n) is 6.74. The molecule has 0 bridgehead atoms. The highest BCUT2D eigenvalue weighted by molar-refractivity contribution is 6.03. The second-order valence-electron chi connectivity index (χ2n) is 5.33. The van der Waals surface area contributed by atoms with Gasteiger partial charge in [-0.2, -0.15) is 0 Å². The largest absolute Gasteiger partial charge is 0.334 e. The Kier molecular flexibility index (Phi) is 5.28. The lowest BCUT2D eigenvalue weighted by molar-refractivity contribution is 0.0643. The highest BCUT2D eigenvalue weighted by Gasteiger charge is 2.24. The molecule has 0 spiro atoms. The summed E-state index contributed by atoms with van der Waals surface area (Å²) in [6.07, 6.45) is 1.75. The molecular formula is C16H24N2O. The summed E-state index contributed by atoms with van der Waals surface area (Å²) >= 11 is 0. The van der Waals surface area contributed by atoms with Gasteiger partial charge in [0, 0.05) is 30.9 Å². The minimum atomic E-state index is 0.0815. The number of hydrogen-bond acceptors (Lipinski definition) is 2. The van der Waals surface area contributed by atoms with Crippen LogP contribution < -0.4 is 0 Å². The number of rotatable bonds is 4. The molecule has 0 saturated carbocycles. The van der Waals surface area contributed by atoms with Gasteiger partial charge in [-0.05, 0) is 40.2 Å². The third kappa shape index (κ3) is 3.43. The number of carbonyl (C=O) groups excluding carboxylic acids is 1. The summed E-state index contributed by atoms with van der Waals surface area (Å²) < 4.78 is 0. The molecule has 3 nitrogen and oxygen atoms in total. The third-order valence-electron chi connectivity index (χ3n) is 3.13. The molecule has 0 aliphatic carbocycles. The van der Waals surface area contributed by atoms with Crippen LogP contribution in [0.25, 0.3) is 0 Å². The standard InChI is InChI=1S/C16H24N2O/c1-11(2)18(12(3)4)16(19)15-13(5)8-7-9-14(15)10-17-6/h7-12H,1-6H3. The molecular weight excluding hydrogens is 236 g/mol. The van der Waals surface area contributed by atoms with Crippen molar-refractivity contribution in [1.29, 1.82) is 0 Å². The minimum Gasteiger partial charge on any atom is -0.334 e. The van der Waals surface area contributed by atoms with Crippen molar-refractivity contribution in [3.63, 3.8) is 0 Å². The van der Waals surface area contributed by atoms with Crippen LogP contribution in [0.4, 0.5) is 0 Å². The van der Waals surface area contributed by atoms with Crippen LogP contribution in [-0.4, -0.2) is 36.2 Å². The number of nitrogens with zero attached hydrogens (tertiary/aromatic N) is 2. The van der Waals surface area contributed by atoms with E-state index in [1.807, 2.05) is 57.7 Å². The van der Waals surface area contributed by atoms with E-state index in [4.69, 9.17) is 0 Å². The van der Waals surface area contributed by atoms with E-state index in [9.17, 15) is 4.79 Å². The maximum Gasteiger partial charge on any atom is 0.255 e. The van der Waals surface area contributed by atoms with Gasteiger partial charge in [0.2, 0.25) is 0 Å². The van der Waals surface area contributed by atoms with Crippen molar-refractivity contribution in [2.24, 2.45) is 4.99 Å². The molecule has 0 aromatic heterocycles. The van der Waals surface area contributed by atoms with E-state index >= 15 is 0 Å². The van der Waals surface area contributed by atoms with E-state index in [0.717, 1.165) is 16.7 Å². The topological polar surface area (TPSA) is 32.7 Å². The lowest BCUT2D eigenvalue weighted by Gasteiger charge is -2.31. The third-order valence-corrected chi connectivity index (χ3v) is 3.13. The quantitative estimate of drug-likeness (QED) is 0.764. The Bertz CT molecular complexity index is 468. The summed E-state index contributed by atoms with van der Waals surface area (Å²) in [5.41, 5.74) is 2.64. The smallest absolute Gasteiger partial charge is 0.255 e. The van der Waals surface area contributed by atoms with Crippen molar-refractivity contribution in [3.8, 4) is 0 Å². The molecule has 0 radical (unpaired) electrons. The van der Waals surface area contributed by atoms with Crippen LogP contribution in [0.2, 0.25) is 0 Å². The zero-order valence-electron chi connectivity index (χ0n) is 12.8. The van der Waals surface area contributed by atoms with Gasteiger partial charge in [0.25, 0.3) is 5.91 Å². The van der Waals surface area contributed by atoms with Crippen molar-refractivity contribution in [3.05, 3.63) is 34.9 Å². The fraction of sp³-hybridized carbons (Fsp3) is 0.500. The van der Waals surface area contributed by atoms with Gasteiger partial charge < -0.3 is 4.90 Å². The fourth-order valence-corrected chi connectivity index (χ4v) is 2.42. The molecule has 0 atom stereocenters.